The zero-order chi connectivity index (χ0) is 29.4. The number of halogens is 1. The monoisotopic (exact) mass is 583 g/mol. The maximum absolute atomic E-state index is 14.2. The van der Waals surface area contributed by atoms with Crippen molar-refractivity contribution in [3.8, 4) is 0 Å². The highest BCUT2D eigenvalue weighted by molar-refractivity contribution is 7.92. The molecule has 40 heavy (non-hydrogen) atoms. The van der Waals surface area contributed by atoms with Gasteiger partial charge in [0.05, 0.1) is 11.9 Å². The SMILES string of the molecule is Cc1ccccc1CN(C(=O)CN(c1cccc(Cl)c1C)S(C)(=O)=O)C(Cc1ccccc1)C(=O)NCC(C)C. The van der Waals surface area contributed by atoms with Gasteiger partial charge in [-0.05, 0) is 54.2 Å². The molecular formula is C31H38ClN3O4S. The van der Waals surface area contributed by atoms with Crippen LogP contribution in [0, 0.1) is 19.8 Å². The summed E-state index contributed by atoms with van der Waals surface area (Å²) >= 11 is 6.30. The number of aryl methyl sites for hydroxylation is 1. The number of rotatable bonds is 12. The van der Waals surface area contributed by atoms with Crippen molar-refractivity contribution in [3.05, 3.63) is 100 Å². The first kappa shape index (κ1) is 31.2. The maximum Gasteiger partial charge on any atom is 0.244 e. The van der Waals surface area contributed by atoms with Crippen molar-refractivity contribution in [2.45, 2.75) is 46.7 Å². The van der Waals surface area contributed by atoms with E-state index in [0.717, 1.165) is 27.3 Å². The van der Waals surface area contributed by atoms with E-state index in [2.05, 4.69) is 5.32 Å². The quantitative estimate of drug-likeness (QED) is 0.320. The van der Waals surface area contributed by atoms with Crippen LogP contribution in [-0.2, 0) is 32.6 Å². The fourth-order valence-electron chi connectivity index (χ4n) is 4.41. The highest BCUT2D eigenvalue weighted by atomic mass is 35.5. The molecule has 0 saturated carbocycles. The van der Waals surface area contributed by atoms with Crippen LogP contribution >= 0.6 is 11.6 Å². The summed E-state index contributed by atoms with van der Waals surface area (Å²) in [6.45, 7) is 7.77. The molecule has 0 spiro atoms. The van der Waals surface area contributed by atoms with Gasteiger partial charge in [0.15, 0.2) is 0 Å². The Morgan fingerprint density at radius 1 is 0.925 bits per heavy atom. The van der Waals surface area contributed by atoms with E-state index < -0.39 is 28.5 Å². The Kier molecular flexibility index (Phi) is 10.8. The van der Waals surface area contributed by atoms with E-state index in [1.807, 2.05) is 75.4 Å². The molecule has 0 fully saturated rings. The molecule has 0 saturated heterocycles. The van der Waals surface area contributed by atoms with Crippen LogP contribution in [0.2, 0.25) is 5.02 Å². The number of amides is 2. The topological polar surface area (TPSA) is 86.8 Å². The van der Waals surface area contributed by atoms with E-state index in [1.165, 1.54) is 4.90 Å². The van der Waals surface area contributed by atoms with Gasteiger partial charge in [0, 0.05) is 24.5 Å². The van der Waals surface area contributed by atoms with E-state index in [1.54, 1.807) is 25.1 Å². The number of carbonyl (C=O) groups is 2. The molecule has 3 rings (SSSR count). The number of carbonyl (C=O) groups excluding carboxylic acids is 2. The molecule has 1 unspecified atom stereocenters. The summed E-state index contributed by atoms with van der Waals surface area (Å²) in [4.78, 5) is 29.3. The molecule has 0 aliphatic heterocycles. The van der Waals surface area contributed by atoms with Gasteiger partial charge in [0.1, 0.15) is 12.6 Å². The number of hydrogen-bond acceptors (Lipinski definition) is 4. The second-order valence-electron chi connectivity index (χ2n) is 10.4. The number of nitrogens with one attached hydrogen (secondary N) is 1. The first-order chi connectivity index (χ1) is 18.9. The molecule has 0 aromatic heterocycles. The molecule has 3 aromatic rings. The summed E-state index contributed by atoms with van der Waals surface area (Å²) in [6.07, 6.45) is 1.33. The van der Waals surface area contributed by atoms with Crippen molar-refractivity contribution < 1.29 is 18.0 Å². The van der Waals surface area contributed by atoms with Crippen LogP contribution in [-0.4, -0.2) is 50.5 Å². The average Bonchev–Trinajstić information content (AvgIpc) is 2.90. The predicted molar refractivity (Wildman–Crippen MR) is 162 cm³/mol. The molecule has 0 radical (unpaired) electrons. The molecule has 0 bridgehead atoms. The second kappa shape index (κ2) is 13.8. The van der Waals surface area contributed by atoms with E-state index in [0.29, 0.717) is 22.8 Å². The molecule has 0 aliphatic carbocycles. The molecule has 1 N–H and O–H groups in total. The highest BCUT2D eigenvalue weighted by Gasteiger charge is 2.33. The molecule has 2 amide bonds. The lowest BCUT2D eigenvalue weighted by atomic mass is 10.0. The van der Waals surface area contributed by atoms with Crippen molar-refractivity contribution in [2.24, 2.45) is 5.92 Å². The van der Waals surface area contributed by atoms with Gasteiger partial charge in [0.2, 0.25) is 21.8 Å². The van der Waals surface area contributed by atoms with Crippen LogP contribution in [0.25, 0.3) is 0 Å². The van der Waals surface area contributed by atoms with Gasteiger partial charge < -0.3 is 10.2 Å². The number of hydrogen-bond donors (Lipinski definition) is 1. The summed E-state index contributed by atoms with van der Waals surface area (Å²) in [7, 11) is -3.87. The second-order valence-corrected chi connectivity index (χ2v) is 12.8. The van der Waals surface area contributed by atoms with E-state index in [4.69, 9.17) is 11.6 Å². The summed E-state index contributed by atoms with van der Waals surface area (Å²) in [5.74, 6) is -0.564. The van der Waals surface area contributed by atoms with Crippen LogP contribution in [0.3, 0.4) is 0 Å². The summed E-state index contributed by atoms with van der Waals surface area (Å²) in [5, 5.41) is 3.38. The Morgan fingerprint density at radius 3 is 2.20 bits per heavy atom. The van der Waals surface area contributed by atoms with Crippen molar-refractivity contribution >= 4 is 39.1 Å². The van der Waals surface area contributed by atoms with Crippen LogP contribution in [0.15, 0.2) is 72.8 Å². The third-order valence-corrected chi connectivity index (χ3v) is 8.28. The smallest absolute Gasteiger partial charge is 0.244 e. The zero-order valence-electron chi connectivity index (χ0n) is 23.7. The molecule has 0 aliphatic rings. The first-order valence-electron chi connectivity index (χ1n) is 13.3. The predicted octanol–water partition coefficient (Wildman–Crippen LogP) is 5.14. The summed E-state index contributed by atoms with van der Waals surface area (Å²) in [5.41, 5.74) is 3.59. The molecule has 9 heteroatoms. The van der Waals surface area contributed by atoms with Crippen LogP contribution < -0.4 is 9.62 Å². The van der Waals surface area contributed by atoms with Gasteiger partial charge in [-0.1, -0.05) is 86.1 Å². The number of anilines is 1. The lowest BCUT2D eigenvalue weighted by Crippen LogP contribution is -2.53. The Balaban J connectivity index is 2.08. The molecule has 1 atom stereocenters. The summed E-state index contributed by atoms with van der Waals surface area (Å²) in [6, 6.07) is 21.2. The standard InChI is InChI=1S/C31H38ClN3O4S/c1-22(2)19-33-31(37)29(18-25-13-7-6-8-14-25)34(20-26-15-10-9-12-23(26)3)30(36)21-35(40(5,38)39)28-17-11-16-27(32)24(28)4/h6-17,22,29H,18-21H2,1-5H3,(H,33,37). The minimum atomic E-state index is -3.87. The minimum absolute atomic E-state index is 0.143. The number of sulfonamides is 1. The molecule has 7 nitrogen and oxygen atoms in total. The Hall–Kier alpha value is -3.36. The third-order valence-electron chi connectivity index (χ3n) is 6.74. The van der Waals surface area contributed by atoms with Crippen LogP contribution in [0.5, 0.6) is 0 Å². The Morgan fingerprint density at radius 2 is 1.57 bits per heavy atom. The van der Waals surface area contributed by atoms with E-state index in [-0.39, 0.29) is 24.8 Å². The van der Waals surface area contributed by atoms with Crippen molar-refractivity contribution in [2.75, 3.05) is 23.7 Å². The maximum atomic E-state index is 14.2. The van der Waals surface area contributed by atoms with E-state index >= 15 is 0 Å². The van der Waals surface area contributed by atoms with Crippen molar-refractivity contribution in [1.29, 1.82) is 0 Å². The first-order valence-corrected chi connectivity index (χ1v) is 15.5. The average molecular weight is 584 g/mol. The largest absolute Gasteiger partial charge is 0.354 e. The van der Waals surface area contributed by atoms with Gasteiger partial charge in [0.25, 0.3) is 0 Å². The van der Waals surface area contributed by atoms with Gasteiger partial charge in [-0.3, -0.25) is 13.9 Å². The van der Waals surface area contributed by atoms with Gasteiger partial charge >= 0.3 is 0 Å². The Labute approximate surface area is 243 Å². The van der Waals surface area contributed by atoms with E-state index in [9.17, 15) is 18.0 Å². The van der Waals surface area contributed by atoms with Gasteiger partial charge in [-0.2, -0.15) is 0 Å². The third kappa shape index (κ3) is 8.32. The van der Waals surface area contributed by atoms with Crippen molar-refractivity contribution in [3.63, 3.8) is 0 Å². The molecule has 214 valence electrons. The summed E-state index contributed by atoms with van der Waals surface area (Å²) < 4.78 is 27.0. The Bertz CT molecular complexity index is 1430. The molecule has 3 aromatic carbocycles. The van der Waals surface area contributed by atoms with Gasteiger partial charge in [-0.25, -0.2) is 8.42 Å². The lowest BCUT2D eigenvalue weighted by molar-refractivity contribution is -0.140. The van der Waals surface area contributed by atoms with Crippen LogP contribution in [0.4, 0.5) is 5.69 Å². The van der Waals surface area contributed by atoms with Gasteiger partial charge in [-0.15, -0.1) is 0 Å². The fraction of sp³-hybridized carbons (Fsp3) is 0.355. The van der Waals surface area contributed by atoms with Crippen molar-refractivity contribution in [1.82, 2.24) is 10.2 Å². The molecular weight excluding hydrogens is 546 g/mol. The number of benzene rings is 3. The lowest BCUT2D eigenvalue weighted by Gasteiger charge is -2.34. The minimum Gasteiger partial charge on any atom is -0.354 e. The fourth-order valence-corrected chi connectivity index (χ4v) is 5.48. The normalized spacial score (nSPS) is 12.2. The zero-order valence-corrected chi connectivity index (χ0v) is 25.3. The number of nitrogens with zero attached hydrogens (tertiary/aromatic N) is 2. The van der Waals surface area contributed by atoms with Crippen LogP contribution in [0.1, 0.15) is 36.1 Å². The highest BCUT2D eigenvalue weighted by Crippen LogP contribution is 2.29. The molecule has 0 heterocycles.